The van der Waals surface area contributed by atoms with Gasteiger partial charge in [-0.1, -0.05) is 20.8 Å². The zero-order chi connectivity index (χ0) is 15.7. The van der Waals surface area contributed by atoms with Crippen LogP contribution >= 0.6 is 11.3 Å². The largest absolute Gasteiger partial charge is 0.399 e. The Morgan fingerprint density at radius 3 is 2.38 bits per heavy atom. The Morgan fingerprint density at radius 2 is 1.86 bits per heavy atom. The Hall–Kier alpha value is -1.44. The lowest BCUT2D eigenvalue weighted by molar-refractivity contribution is 0.575. The SMILES string of the molecule is CC(C)(C)c1nc(CNS(=O)(=O)c2ccc(N)cc2)cs1. The van der Waals surface area contributed by atoms with Crippen molar-refractivity contribution in [3.63, 3.8) is 0 Å². The van der Waals surface area contributed by atoms with Crippen LogP contribution in [0.1, 0.15) is 31.5 Å². The molecule has 0 unspecified atom stereocenters. The number of thiazole rings is 1. The Morgan fingerprint density at radius 1 is 1.24 bits per heavy atom. The van der Waals surface area contributed by atoms with Crippen LogP contribution in [0.15, 0.2) is 34.5 Å². The summed E-state index contributed by atoms with van der Waals surface area (Å²) in [5.41, 5.74) is 6.78. The summed E-state index contributed by atoms with van der Waals surface area (Å²) in [6, 6.07) is 6.10. The minimum absolute atomic E-state index is 0.0290. The number of hydrogen-bond acceptors (Lipinski definition) is 5. The molecule has 2 rings (SSSR count). The molecule has 1 aromatic heterocycles. The van der Waals surface area contributed by atoms with Crippen LogP contribution in [-0.4, -0.2) is 13.4 Å². The number of anilines is 1. The van der Waals surface area contributed by atoms with E-state index in [0.29, 0.717) is 5.69 Å². The maximum absolute atomic E-state index is 12.1. The summed E-state index contributed by atoms with van der Waals surface area (Å²) in [6.45, 7) is 6.41. The first-order valence-electron chi connectivity index (χ1n) is 6.48. The highest BCUT2D eigenvalue weighted by Gasteiger charge is 2.19. The minimum Gasteiger partial charge on any atom is -0.399 e. The van der Waals surface area contributed by atoms with E-state index < -0.39 is 10.0 Å². The average Bonchev–Trinajstić information content (AvgIpc) is 2.86. The van der Waals surface area contributed by atoms with Gasteiger partial charge in [-0.05, 0) is 24.3 Å². The van der Waals surface area contributed by atoms with Crippen molar-refractivity contribution in [1.29, 1.82) is 0 Å². The summed E-state index contributed by atoms with van der Waals surface area (Å²) in [6.07, 6.45) is 0. The van der Waals surface area contributed by atoms with Crippen LogP contribution < -0.4 is 10.5 Å². The normalized spacial score (nSPS) is 12.5. The van der Waals surface area contributed by atoms with Gasteiger partial charge in [0.05, 0.1) is 22.1 Å². The van der Waals surface area contributed by atoms with Gasteiger partial charge in [0.2, 0.25) is 10.0 Å². The third-order valence-corrected chi connectivity index (χ3v) is 5.56. The molecule has 0 saturated carbocycles. The summed E-state index contributed by atoms with van der Waals surface area (Å²) in [5.74, 6) is 0. The Kier molecular flexibility index (Phi) is 4.36. The number of nitrogen functional groups attached to an aromatic ring is 1. The van der Waals surface area contributed by atoms with Crippen molar-refractivity contribution in [2.24, 2.45) is 0 Å². The quantitative estimate of drug-likeness (QED) is 0.846. The highest BCUT2D eigenvalue weighted by Crippen LogP contribution is 2.25. The molecule has 1 heterocycles. The molecule has 0 spiro atoms. The predicted octanol–water partition coefficient (Wildman–Crippen LogP) is 2.50. The van der Waals surface area contributed by atoms with E-state index in [2.05, 4.69) is 30.5 Å². The van der Waals surface area contributed by atoms with Gasteiger partial charge >= 0.3 is 0 Å². The average molecular weight is 325 g/mol. The second-order valence-corrected chi connectivity index (χ2v) is 8.41. The van der Waals surface area contributed by atoms with Crippen LogP contribution in [-0.2, 0) is 22.0 Å². The maximum atomic E-state index is 12.1. The molecule has 0 radical (unpaired) electrons. The van der Waals surface area contributed by atoms with Gasteiger partial charge in [-0.2, -0.15) is 0 Å². The Balaban J connectivity index is 2.08. The van der Waals surface area contributed by atoms with E-state index in [0.717, 1.165) is 10.7 Å². The molecule has 0 amide bonds. The first-order valence-corrected chi connectivity index (χ1v) is 8.85. The summed E-state index contributed by atoms with van der Waals surface area (Å²) in [5, 5.41) is 2.87. The van der Waals surface area contributed by atoms with E-state index in [-0.39, 0.29) is 16.9 Å². The van der Waals surface area contributed by atoms with E-state index >= 15 is 0 Å². The predicted molar refractivity (Wildman–Crippen MR) is 85.7 cm³/mol. The van der Waals surface area contributed by atoms with Crippen LogP contribution in [0.4, 0.5) is 5.69 Å². The lowest BCUT2D eigenvalue weighted by atomic mass is 9.98. The van der Waals surface area contributed by atoms with Crippen LogP contribution in [0.5, 0.6) is 0 Å². The topological polar surface area (TPSA) is 85.1 Å². The van der Waals surface area contributed by atoms with Crippen molar-refractivity contribution in [1.82, 2.24) is 9.71 Å². The van der Waals surface area contributed by atoms with Crippen molar-refractivity contribution in [2.45, 2.75) is 37.6 Å². The lowest BCUT2D eigenvalue weighted by Crippen LogP contribution is -2.23. The lowest BCUT2D eigenvalue weighted by Gasteiger charge is -2.13. The van der Waals surface area contributed by atoms with Crippen LogP contribution in [0.25, 0.3) is 0 Å². The van der Waals surface area contributed by atoms with Crippen molar-refractivity contribution in [3.05, 3.63) is 40.3 Å². The standard InChI is InChI=1S/C14H19N3O2S2/c1-14(2,3)13-17-11(9-20-13)8-16-21(18,19)12-6-4-10(15)5-7-12/h4-7,9,16H,8,15H2,1-3H3. The van der Waals surface area contributed by atoms with Crippen LogP contribution in [0, 0.1) is 0 Å². The number of hydrogen-bond donors (Lipinski definition) is 2. The molecule has 0 aliphatic rings. The molecule has 0 atom stereocenters. The van der Waals surface area contributed by atoms with Crippen LogP contribution in [0.2, 0.25) is 0 Å². The molecule has 0 aliphatic heterocycles. The summed E-state index contributed by atoms with van der Waals surface area (Å²) in [4.78, 5) is 4.66. The van der Waals surface area contributed by atoms with Gasteiger partial charge in [-0.3, -0.25) is 0 Å². The maximum Gasteiger partial charge on any atom is 0.240 e. The fraction of sp³-hybridized carbons (Fsp3) is 0.357. The molecular weight excluding hydrogens is 306 g/mol. The molecule has 1 aromatic carbocycles. The number of benzene rings is 1. The highest BCUT2D eigenvalue weighted by atomic mass is 32.2. The number of aromatic nitrogens is 1. The smallest absolute Gasteiger partial charge is 0.240 e. The second-order valence-electron chi connectivity index (χ2n) is 5.79. The molecule has 0 bridgehead atoms. The summed E-state index contributed by atoms with van der Waals surface area (Å²) >= 11 is 1.54. The zero-order valence-electron chi connectivity index (χ0n) is 12.3. The van der Waals surface area contributed by atoms with Gasteiger partial charge in [-0.15, -0.1) is 11.3 Å². The molecule has 7 heteroatoms. The van der Waals surface area contributed by atoms with Gasteiger partial charge in [-0.25, -0.2) is 18.1 Å². The molecule has 114 valence electrons. The highest BCUT2D eigenvalue weighted by molar-refractivity contribution is 7.89. The Bertz CT molecular complexity index is 713. The monoisotopic (exact) mass is 325 g/mol. The fourth-order valence-electron chi connectivity index (χ4n) is 1.63. The second kappa shape index (κ2) is 5.75. The number of nitrogens with two attached hydrogens (primary N) is 1. The number of rotatable bonds is 4. The molecule has 0 aliphatic carbocycles. The fourth-order valence-corrected chi connectivity index (χ4v) is 3.54. The van der Waals surface area contributed by atoms with E-state index in [9.17, 15) is 8.42 Å². The zero-order valence-corrected chi connectivity index (χ0v) is 13.9. The van der Waals surface area contributed by atoms with Gasteiger partial charge in [0.1, 0.15) is 0 Å². The summed E-state index contributed by atoms with van der Waals surface area (Å²) in [7, 11) is -3.54. The number of nitrogens with one attached hydrogen (secondary N) is 1. The first-order chi connectivity index (χ1) is 9.68. The molecular formula is C14H19N3O2S2. The van der Waals surface area contributed by atoms with Gasteiger partial charge in [0, 0.05) is 16.5 Å². The van der Waals surface area contributed by atoms with E-state index in [1.54, 1.807) is 23.5 Å². The number of nitrogens with zero attached hydrogens (tertiary/aromatic N) is 1. The third kappa shape index (κ3) is 4.03. The van der Waals surface area contributed by atoms with Gasteiger partial charge < -0.3 is 5.73 Å². The van der Waals surface area contributed by atoms with Crippen molar-refractivity contribution >= 4 is 27.0 Å². The Labute approximate surface area is 129 Å². The van der Waals surface area contributed by atoms with Crippen LogP contribution in [0.3, 0.4) is 0 Å². The number of sulfonamides is 1. The first kappa shape index (κ1) is 15.9. The molecule has 0 fully saturated rings. The minimum atomic E-state index is -3.54. The van der Waals surface area contributed by atoms with Crippen molar-refractivity contribution in [3.8, 4) is 0 Å². The van der Waals surface area contributed by atoms with E-state index in [1.807, 2.05) is 5.38 Å². The van der Waals surface area contributed by atoms with Gasteiger partial charge in [0.25, 0.3) is 0 Å². The third-order valence-electron chi connectivity index (χ3n) is 2.83. The van der Waals surface area contributed by atoms with Crippen molar-refractivity contribution in [2.75, 3.05) is 5.73 Å². The summed E-state index contributed by atoms with van der Waals surface area (Å²) < 4.78 is 26.8. The van der Waals surface area contributed by atoms with E-state index in [1.165, 1.54) is 12.1 Å². The van der Waals surface area contributed by atoms with Gasteiger partial charge in [0.15, 0.2) is 0 Å². The molecule has 0 saturated heterocycles. The molecule has 2 aromatic rings. The molecule has 5 nitrogen and oxygen atoms in total. The molecule has 3 N–H and O–H groups in total. The van der Waals surface area contributed by atoms with Crippen molar-refractivity contribution < 1.29 is 8.42 Å². The van der Waals surface area contributed by atoms with E-state index in [4.69, 9.17) is 5.73 Å². The molecule has 21 heavy (non-hydrogen) atoms.